The van der Waals surface area contributed by atoms with E-state index in [1.807, 2.05) is 48.7 Å². The van der Waals surface area contributed by atoms with E-state index in [4.69, 9.17) is 4.74 Å². The minimum atomic E-state index is -0.444. The summed E-state index contributed by atoms with van der Waals surface area (Å²) in [4.78, 5) is 25.4. The third-order valence-electron chi connectivity index (χ3n) is 4.12. The van der Waals surface area contributed by atoms with Crippen LogP contribution in [-0.2, 0) is 9.53 Å². The van der Waals surface area contributed by atoms with Crippen molar-refractivity contribution in [2.75, 3.05) is 7.11 Å². The number of ether oxygens (including phenoxy) is 1. The van der Waals surface area contributed by atoms with Crippen molar-refractivity contribution in [1.82, 2.24) is 15.1 Å². The Labute approximate surface area is 169 Å². The Morgan fingerprint density at radius 1 is 1.30 bits per heavy atom. The molecule has 6 nitrogen and oxygen atoms in total. The van der Waals surface area contributed by atoms with E-state index < -0.39 is 6.04 Å². The van der Waals surface area contributed by atoms with E-state index >= 15 is 0 Å². The summed E-state index contributed by atoms with van der Waals surface area (Å²) in [5.74, 6) is -0.658. The highest BCUT2D eigenvalue weighted by molar-refractivity contribution is 9.10. The van der Waals surface area contributed by atoms with Gasteiger partial charge in [-0.05, 0) is 42.6 Å². The smallest absolute Gasteiger partial charge is 0.307 e. The highest BCUT2D eigenvalue weighted by Gasteiger charge is 2.23. The largest absolute Gasteiger partial charge is 0.469 e. The minimum absolute atomic E-state index is 0.0721. The molecule has 140 valence electrons. The van der Waals surface area contributed by atoms with Crippen LogP contribution in [-0.4, -0.2) is 28.8 Å². The number of aromatic nitrogens is 2. The van der Waals surface area contributed by atoms with Crippen molar-refractivity contribution >= 4 is 39.1 Å². The predicted molar refractivity (Wildman–Crippen MR) is 107 cm³/mol. The quantitative estimate of drug-likeness (QED) is 0.578. The number of rotatable bonds is 6. The Morgan fingerprint density at radius 2 is 2.04 bits per heavy atom. The number of amides is 1. The lowest BCUT2D eigenvalue weighted by molar-refractivity contribution is -0.141. The van der Waals surface area contributed by atoms with Crippen LogP contribution in [0.2, 0.25) is 0 Å². The maximum Gasteiger partial charge on any atom is 0.307 e. The van der Waals surface area contributed by atoms with Crippen molar-refractivity contribution < 1.29 is 14.3 Å². The first-order valence-corrected chi connectivity index (χ1v) is 9.88. The van der Waals surface area contributed by atoms with Crippen LogP contribution >= 0.6 is 27.3 Å². The van der Waals surface area contributed by atoms with E-state index in [0.717, 1.165) is 20.7 Å². The number of nitrogens with one attached hydrogen (secondary N) is 1. The van der Waals surface area contributed by atoms with E-state index in [0.29, 0.717) is 5.56 Å². The molecule has 0 aliphatic carbocycles. The van der Waals surface area contributed by atoms with Gasteiger partial charge in [-0.3, -0.25) is 9.59 Å². The standard InChI is InChI=1S/C19H18BrN3O3S/c1-12-15(11-21-23(12)14-7-5-13(20)6-8-14)19(25)22-16(10-18(24)26-2)17-4-3-9-27-17/h3-9,11,16H,10H2,1-2H3,(H,22,25). The van der Waals surface area contributed by atoms with E-state index in [2.05, 4.69) is 26.3 Å². The summed E-state index contributed by atoms with van der Waals surface area (Å²) in [7, 11) is 1.34. The summed E-state index contributed by atoms with van der Waals surface area (Å²) in [6.45, 7) is 1.84. The topological polar surface area (TPSA) is 73.2 Å². The second-order valence-corrected chi connectivity index (χ2v) is 7.75. The summed E-state index contributed by atoms with van der Waals surface area (Å²) in [6, 6.07) is 11.0. The van der Waals surface area contributed by atoms with Crippen LogP contribution < -0.4 is 5.32 Å². The zero-order valence-electron chi connectivity index (χ0n) is 14.8. The van der Waals surface area contributed by atoms with E-state index in [1.54, 1.807) is 4.68 Å². The van der Waals surface area contributed by atoms with Crippen LogP contribution in [0.25, 0.3) is 5.69 Å². The Morgan fingerprint density at radius 3 is 2.67 bits per heavy atom. The van der Waals surface area contributed by atoms with Crippen LogP contribution in [0.3, 0.4) is 0 Å². The zero-order valence-corrected chi connectivity index (χ0v) is 17.2. The van der Waals surface area contributed by atoms with Gasteiger partial charge >= 0.3 is 5.97 Å². The molecule has 3 aromatic rings. The van der Waals surface area contributed by atoms with Crippen molar-refractivity contribution in [3.63, 3.8) is 0 Å². The van der Waals surface area contributed by atoms with Crippen LogP contribution in [0.4, 0.5) is 0 Å². The number of nitrogens with zero attached hydrogens (tertiary/aromatic N) is 2. The molecule has 2 heterocycles. The number of halogens is 1. The van der Waals surface area contributed by atoms with Crippen molar-refractivity contribution in [3.8, 4) is 5.69 Å². The van der Waals surface area contributed by atoms with Crippen molar-refractivity contribution in [3.05, 3.63) is 68.6 Å². The molecule has 0 aliphatic rings. The van der Waals surface area contributed by atoms with Gasteiger partial charge in [-0.15, -0.1) is 11.3 Å². The monoisotopic (exact) mass is 447 g/mol. The van der Waals surface area contributed by atoms with E-state index in [-0.39, 0.29) is 18.3 Å². The minimum Gasteiger partial charge on any atom is -0.469 e. The van der Waals surface area contributed by atoms with Gasteiger partial charge in [-0.25, -0.2) is 4.68 Å². The first-order valence-electron chi connectivity index (χ1n) is 8.21. The van der Waals surface area contributed by atoms with Gasteiger partial charge in [-0.1, -0.05) is 22.0 Å². The van der Waals surface area contributed by atoms with Crippen molar-refractivity contribution in [1.29, 1.82) is 0 Å². The molecule has 1 atom stereocenters. The average Bonchev–Trinajstić information content (AvgIpc) is 3.32. The van der Waals surface area contributed by atoms with Gasteiger partial charge < -0.3 is 10.1 Å². The normalized spacial score (nSPS) is 11.8. The Balaban J connectivity index is 1.82. The van der Waals surface area contributed by atoms with Crippen LogP contribution in [0.5, 0.6) is 0 Å². The van der Waals surface area contributed by atoms with Crippen molar-refractivity contribution in [2.24, 2.45) is 0 Å². The second-order valence-electron chi connectivity index (χ2n) is 5.85. The molecule has 1 unspecified atom stereocenters. The summed E-state index contributed by atoms with van der Waals surface area (Å²) >= 11 is 4.89. The molecule has 1 amide bonds. The van der Waals surface area contributed by atoms with Gasteiger partial charge in [-0.2, -0.15) is 5.10 Å². The van der Waals surface area contributed by atoms with E-state index in [1.165, 1.54) is 24.6 Å². The summed E-state index contributed by atoms with van der Waals surface area (Å²) in [6.07, 6.45) is 1.61. The average molecular weight is 448 g/mol. The first-order chi connectivity index (χ1) is 13.0. The number of thiophene rings is 1. The zero-order chi connectivity index (χ0) is 19.4. The highest BCUT2D eigenvalue weighted by Crippen LogP contribution is 2.24. The molecule has 0 saturated heterocycles. The molecule has 0 spiro atoms. The number of carbonyl (C=O) groups is 2. The molecular weight excluding hydrogens is 430 g/mol. The lowest BCUT2D eigenvalue weighted by Crippen LogP contribution is -2.30. The fourth-order valence-electron chi connectivity index (χ4n) is 2.67. The van der Waals surface area contributed by atoms with Crippen LogP contribution in [0.15, 0.2) is 52.4 Å². The van der Waals surface area contributed by atoms with Gasteiger partial charge in [0.1, 0.15) is 0 Å². The highest BCUT2D eigenvalue weighted by atomic mass is 79.9. The molecule has 27 heavy (non-hydrogen) atoms. The van der Waals surface area contributed by atoms with Gasteiger partial charge in [0.05, 0.1) is 42.7 Å². The first kappa shape index (κ1) is 19.3. The molecule has 3 rings (SSSR count). The van der Waals surface area contributed by atoms with Crippen LogP contribution in [0.1, 0.15) is 33.4 Å². The molecule has 1 aromatic carbocycles. The molecule has 2 aromatic heterocycles. The van der Waals surface area contributed by atoms with E-state index in [9.17, 15) is 9.59 Å². The number of esters is 1. The predicted octanol–water partition coefficient (Wildman–Crippen LogP) is 4.04. The molecule has 0 saturated carbocycles. The number of methoxy groups -OCH3 is 1. The maximum atomic E-state index is 12.8. The molecule has 0 fully saturated rings. The van der Waals surface area contributed by atoms with Crippen LogP contribution in [0, 0.1) is 6.92 Å². The summed E-state index contributed by atoms with van der Waals surface area (Å²) < 4.78 is 7.43. The summed E-state index contributed by atoms with van der Waals surface area (Å²) in [5, 5.41) is 9.17. The molecule has 8 heteroatoms. The van der Waals surface area contributed by atoms with Gasteiger partial charge in [0, 0.05) is 9.35 Å². The van der Waals surface area contributed by atoms with Gasteiger partial charge in [0.25, 0.3) is 5.91 Å². The molecule has 1 N–H and O–H groups in total. The number of hydrogen-bond acceptors (Lipinski definition) is 5. The Hall–Kier alpha value is -2.45. The van der Waals surface area contributed by atoms with Gasteiger partial charge in [0.15, 0.2) is 0 Å². The Kier molecular flexibility index (Phi) is 6.08. The maximum absolute atomic E-state index is 12.8. The SMILES string of the molecule is COC(=O)CC(NC(=O)c1cnn(-c2ccc(Br)cc2)c1C)c1cccs1. The lowest BCUT2D eigenvalue weighted by atomic mass is 10.1. The third kappa shape index (κ3) is 4.45. The number of benzene rings is 1. The molecule has 0 radical (unpaired) electrons. The fraction of sp³-hybridized carbons (Fsp3) is 0.211. The van der Waals surface area contributed by atoms with Gasteiger partial charge in [0.2, 0.25) is 0 Å². The Bertz CT molecular complexity index is 936. The number of carbonyl (C=O) groups excluding carboxylic acids is 2. The number of hydrogen-bond donors (Lipinski definition) is 1. The molecule has 0 aliphatic heterocycles. The van der Waals surface area contributed by atoms with Crippen molar-refractivity contribution in [2.45, 2.75) is 19.4 Å². The lowest BCUT2D eigenvalue weighted by Gasteiger charge is -2.16. The fourth-order valence-corrected chi connectivity index (χ4v) is 3.72. The molecular formula is C19H18BrN3O3S. The third-order valence-corrected chi connectivity index (χ3v) is 5.63. The molecule has 0 bridgehead atoms. The summed E-state index contributed by atoms with van der Waals surface area (Å²) in [5.41, 5.74) is 2.04. The second kappa shape index (κ2) is 8.49.